The first kappa shape index (κ1) is 11.7. The van der Waals surface area contributed by atoms with E-state index in [9.17, 15) is 9.18 Å². The molecule has 76 valence electrons. The van der Waals surface area contributed by atoms with E-state index in [1.165, 1.54) is 13.0 Å². The molecule has 0 amide bonds. The third-order valence-electron chi connectivity index (χ3n) is 1.87. The van der Waals surface area contributed by atoms with Gasteiger partial charge in [0.05, 0.1) is 9.85 Å². The van der Waals surface area contributed by atoms with Crippen molar-refractivity contribution in [3.63, 3.8) is 0 Å². The van der Waals surface area contributed by atoms with Crippen LogP contribution < -0.4 is 0 Å². The zero-order chi connectivity index (χ0) is 10.7. The van der Waals surface area contributed by atoms with Crippen molar-refractivity contribution in [2.45, 2.75) is 18.2 Å². The van der Waals surface area contributed by atoms with Crippen molar-refractivity contribution in [1.29, 1.82) is 0 Å². The Morgan fingerprint density at radius 2 is 2.29 bits per heavy atom. The molecule has 0 aliphatic rings. The molecule has 0 spiro atoms. The Hall–Kier alpha value is -0.410. The highest BCUT2D eigenvalue weighted by atomic mass is 79.9. The third kappa shape index (κ3) is 2.79. The molecule has 1 rings (SSSR count). The van der Waals surface area contributed by atoms with E-state index in [0.29, 0.717) is 12.0 Å². The Morgan fingerprint density at radius 1 is 1.64 bits per heavy atom. The quantitative estimate of drug-likeness (QED) is 0.775. The van der Waals surface area contributed by atoms with Crippen molar-refractivity contribution in [3.8, 4) is 0 Å². The number of carbonyl (C=O) groups excluding carboxylic acids is 1. The van der Waals surface area contributed by atoms with Gasteiger partial charge < -0.3 is 0 Å². The van der Waals surface area contributed by atoms with E-state index in [0.717, 1.165) is 0 Å². The lowest BCUT2D eigenvalue weighted by atomic mass is 10.1. The van der Waals surface area contributed by atoms with E-state index < -0.39 is 5.82 Å². The van der Waals surface area contributed by atoms with Crippen LogP contribution in [0.3, 0.4) is 0 Å². The van der Waals surface area contributed by atoms with Crippen molar-refractivity contribution < 1.29 is 9.18 Å². The van der Waals surface area contributed by atoms with Crippen molar-refractivity contribution >= 4 is 33.3 Å². The van der Waals surface area contributed by atoms with Crippen LogP contribution in [0.2, 0.25) is 5.02 Å². The number of halogens is 3. The molecule has 0 radical (unpaired) electrons. The number of benzene rings is 1. The van der Waals surface area contributed by atoms with Crippen LogP contribution in [0, 0.1) is 5.82 Å². The summed E-state index contributed by atoms with van der Waals surface area (Å²) in [6.45, 7) is 1.46. The van der Waals surface area contributed by atoms with Gasteiger partial charge in [0.1, 0.15) is 11.6 Å². The predicted octanol–water partition coefficient (Wildman–Crippen LogP) is 3.37. The first-order chi connectivity index (χ1) is 6.52. The molecule has 0 aromatic heterocycles. The number of rotatable bonds is 3. The van der Waals surface area contributed by atoms with E-state index in [1.54, 1.807) is 12.1 Å². The highest BCUT2D eigenvalue weighted by Crippen LogP contribution is 2.20. The second kappa shape index (κ2) is 4.89. The van der Waals surface area contributed by atoms with E-state index in [2.05, 4.69) is 15.9 Å². The van der Waals surface area contributed by atoms with Gasteiger partial charge in [-0.2, -0.15) is 0 Å². The number of hydrogen-bond acceptors (Lipinski definition) is 1. The maximum Gasteiger partial charge on any atom is 0.145 e. The lowest BCUT2D eigenvalue weighted by Gasteiger charge is -2.07. The van der Waals surface area contributed by atoms with E-state index in [4.69, 9.17) is 11.6 Å². The fourth-order valence-corrected chi connectivity index (χ4v) is 1.59. The Balaban J connectivity index is 2.87. The largest absolute Gasteiger partial charge is 0.299 e. The van der Waals surface area contributed by atoms with Gasteiger partial charge in [-0.3, -0.25) is 4.79 Å². The minimum absolute atomic E-state index is 0.0237. The fraction of sp³-hybridized carbons (Fsp3) is 0.300. The summed E-state index contributed by atoms with van der Waals surface area (Å²) in [6, 6.07) is 4.77. The number of alkyl halides is 1. The van der Waals surface area contributed by atoms with Gasteiger partial charge in [0.2, 0.25) is 0 Å². The molecule has 0 saturated carbocycles. The molecule has 1 aromatic rings. The van der Waals surface area contributed by atoms with Gasteiger partial charge in [-0.25, -0.2) is 4.39 Å². The topological polar surface area (TPSA) is 17.1 Å². The lowest BCUT2D eigenvalue weighted by Crippen LogP contribution is -2.13. The summed E-state index contributed by atoms with van der Waals surface area (Å²) in [5.74, 6) is -0.468. The Kier molecular flexibility index (Phi) is 4.08. The third-order valence-corrected chi connectivity index (χ3v) is 3.13. The van der Waals surface area contributed by atoms with E-state index >= 15 is 0 Å². The molecule has 0 unspecified atom stereocenters. The second-order valence-corrected chi connectivity index (χ2v) is 4.51. The van der Waals surface area contributed by atoms with Crippen LogP contribution in [0.25, 0.3) is 0 Å². The highest BCUT2D eigenvalue weighted by Gasteiger charge is 2.14. The Bertz CT molecular complexity index is 354. The molecule has 1 aromatic carbocycles. The smallest absolute Gasteiger partial charge is 0.145 e. The first-order valence-corrected chi connectivity index (χ1v) is 5.39. The first-order valence-electron chi connectivity index (χ1n) is 4.09. The summed E-state index contributed by atoms with van der Waals surface area (Å²) in [6.07, 6.45) is 0.321. The molecule has 0 aliphatic carbocycles. The number of Topliss-reactive ketones (excluding diaryl/α,β-unsaturated/α-hetero) is 1. The Morgan fingerprint density at radius 3 is 2.86 bits per heavy atom. The van der Waals surface area contributed by atoms with Crippen molar-refractivity contribution in [3.05, 3.63) is 34.6 Å². The summed E-state index contributed by atoms with van der Waals surface area (Å²) >= 11 is 8.78. The number of hydrogen-bond donors (Lipinski definition) is 0. The molecule has 1 atom stereocenters. The summed E-state index contributed by atoms with van der Waals surface area (Å²) in [7, 11) is 0. The van der Waals surface area contributed by atoms with Crippen LogP contribution in [0.1, 0.15) is 12.5 Å². The van der Waals surface area contributed by atoms with Crippen LogP contribution in [0.15, 0.2) is 18.2 Å². The summed E-state index contributed by atoms with van der Waals surface area (Å²) in [5.41, 5.74) is 0.453. The van der Waals surface area contributed by atoms with Crippen LogP contribution in [-0.2, 0) is 11.2 Å². The average Bonchev–Trinajstić information content (AvgIpc) is 2.12. The predicted molar refractivity (Wildman–Crippen MR) is 58.5 cm³/mol. The molecule has 0 N–H and O–H groups in total. The normalized spacial score (nSPS) is 12.6. The van der Waals surface area contributed by atoms with Crippen LogP contribution >= 0.6 is 27.5 Å². The van der Waals surface area contributed by atoms with Gasteiger partial charge in [-0.15, -0.1) is 0 Å². The summed E-state index contributed by atoms with van der Waals surface area (Å²) in [5, 5.41) is 0.0887. The molecule has 4 heteroatoms. The molecular formula is C10H9BrClFO. The fourth-order valence-electron chi connectivity index (χ4n) is 1.04. The minimum Gasteiger partial charge on any atom is -0.299 e. The summed E-state index contributed by atoms with van der Waals surface area (Å²) < 4.78 is 13.4. The van der Waals surface area contributed by atoms with Gasteiger partial charge in [-0.1, -0.05) is 39.7 Å². The van der Waals surface area contributed by atoms with Crippen LogP contribution in [0.4, 0.5) is 4.39 Å². The SMILES string of the molecule is CC(=O)[C@@H](Br)Cc1cccc(Cl)c1F. The van der Waals surface area contributed by atoms with Crippen molar-refractivity contribution in [1.82, 2.24) is 0 Å². The maximum atomic E-state index is 13.4. The molecule has 0 fully saturated rings. The monoisotopic (exact) mass is 278 g/mol. The van der Waals surface area contributed by atoms with Gasteiger partial charge in [-0.05, 0) is 25.0 Å². The average molecular weight is 280 g/mol. The van der Waals surface area contributed by atoms with Crippen LogP contribution in [-0.4, -0.2) is 10.6 Å². The molecule has 0 heterocycles. The number of carbonyl (C=O) groups is 1. The number of ketones is 1. The van der Waals surface area contributed by atoms with Crippen molar-refractivity contribution in [2.75, 3.05) is 0 Å². The molecule has 0 saturated heterocycles. The van der Waals surface area contributed by atoms with Gasteiger partial charge >= 0.3 is 0 Å². The minimum atomic E-state index is -0.445. The van der Waals surface area contributed by atoms with Crippen molar-refractivity contribution in [2.24, 2.45) is 0 Å². The molecule has 0 aliphatic heterocycles. The van der Waals surface area contributed by atoms with Crippen LogP contribution in [0.5, 0.6) is 0 Å². The molecule has 14 heavy (non-hydrogen) atoms. The highest BCUT2D eigenvalue weighted by molar-refractivity contribution is 9.10. The summed E-state index contributed by atoms with van der Waals surface area (Å²) in [4.78, 5) is 10.6. The van der Waals surface area contributed by atoms with Gasteiger partial charge in [0.25, 0.3) is 0 Å². The zero-order valence-electron chi connectivity index (χ0n) is 7.56. The maximum absolute atomic E-state index is 13.4. The molecular weight excluding hydrogens is 270 g/mol. The molecule has 0 bridgehead atoms. The van der Waals surface area contributed by atoms with Gasteiger partial charge in [0.15, 0.2) is 0 Å². The Labute approximate surface area is 95.4 Å². The van der Waals surface area contributed by atoms with E-state index in [-0.39, 0.29) is 15.6 Å². The van der Waals surface area contributed by atoms with E-state index in [1.807, 2.05) is 0 Å². The molecule has 1 nitrogen and oxygen atoms in total. The standard InChI is InChI=1S/C10H9BrClFO/c1-6(14)8(11)5-7-3-2-4-9(12)10(7)13/h2-4,8H,5H2,1H3/t8-/m0/s1. The van der Waals surface area contributed by atoms with Gasteiger partial charge in [0, 0.05) is 0 Å². The zero-order valence-corrected chi connectivity index (χ0v) is 9.90. The lowest BCUT2D eigenvalue weighted by molar-refractivity contribution is -0.116. The second-order valence-electron chi connectivity index (χ2n) is 3.00.